The fourth-order valence-electron chi connectivity index (χ4n) is 3.43. The van der Waals surface area contributed by atoms with Crippen molar-refractivity contribution in [3.8, 4) is 0 Å². The third-order valence-electron chi connectivity index (χ3n) is 4.48. The lowest BCUT2D eigenvalue weighted by molar-refractivity contribution is 0.464. The molecule has 2 aromatic rings. The maximum Gasteiger partial charge on any atom is 0.0331 e. The van der Waals surface area contributed by atoms with Crippen LogP contribution in [-0.2, 0) is 6.42 Å². The summed E-state index contributed by atoms with van der Waals surface area (Å²) in [4.78, 5) is 0. The minimum absolute atomic E-state index is 0.395. The van der Waals surface area contributed by atoms with Gasteiger partial charge in [0.1, 0.15) is 0 Å². The molecule has 0 saturated carbocycles. The monoisotopic (exact) mass is 265 g/mol. The Balaban J connectivity index is 1.79. The molecule has 0 bridgehead atoms. The Morgan fingerprint density at radius 3 is 2.70 bits per heavy atom. The van der Waals surface area contributed by atoms with Gasteiger partial charge < -0.3 is 5.32 Å². The summed E-state index contributed by atoms with van der Waals surface area (Å²) in [6.45, 7) is 6.64. The zero-order valence-corrected chi connectivity index (χ0v) is 12.6. The number of fused-ring (bicyclic) bond motifs is 1. The lowest BCUT2D eigenvalue weighted by Crippen LogP contribution is -2.23. The molecule has 0 heterocycles. The minimum Gasteiger partial charge on any atom is -0.303 e. The van der Waals surface area contributed by atoms with Crippen molar-refractivity contribution in [2.45, 2.75) is 45.7 Å². The Bertz CT molecular complexity index is 615. The van der Waals surface area contributed by atoms with Gasteiger partial charge in [-0.15, -0.1) is 0 Å². The topological polar surface area (TPSA) is 12.0 Å². The van der Waals surface area contributed by atoms with E-state index in [1.807, 2.05) is 0 Å². The molecule has 2 unspecified atom stereocenters. The number of hydrogen-bond acceptors (Lipinski definition) is 1. The van der Waals surface area contributed by atoms with Crippen molar-refractivity contribution in [2.24, 2.45) is 0 Å². The third kappa shape index (κ3) is 2.51. The molecule has 0 fully saturated rings. The molecule has 0 aliphatic heterocycles. The largest absolute Gasteiger partial charge is 0.303 e. The lowest BCUT2D eigenvalue weighted by atomic mass is 9.99. The highest BCUT2D eigenvalue weighted by Crippen LogP contribution is 2.33. The molecule has 2 aromatic carbocycles. The van der Waals surface area contributed by atoms with Crippen LogP contribution in [0.1, 0.15) is 53.2 Å². The molecule has 1 heteroatoms. The van der Waals surface area contributed by atoms with E-state index < -0.39 is 0 Å². The van der Waals surface area contributed by atoms with Gasteiger partial charge in [0.05, 0.1) is 0 Å². The first-order valence-electron chi connectivity index (χ1n) is 7.56. The van der Waals surface area contributed by atoms with Gasteiger partial charge in [0.25, 0.3) is 0 Å². The fraction of sp³-hybridized carbons (Fsp3) is 0.368. The number of benzene rings is 2. The molecule has 1 nitrogen and oxygen atoms in total. The molecule has 1 aliphatic rings. The smallest absolute Gasteiger partial charge is 0.0331 e. The summed E-state index contributed by atoms with van der Waals surface area (Å²) in [5.41, 5.74) is 7.14. The second-order valence-corrected chi connectivity index (χ2v) is 6.04. The van der Waals surface area contributed by atoms with Gasteiger partial charge in [0.15, 0.2) is 0 Å². The van der Waals surface area contributed by atoms with Crippen LogP contribution in [0.3, 0.4) is 0 Å². The van der Waals surface area contributed by atoms with E-state index in [2.05, 4.69) is 68.6 Å². The van der Waals surface area contributed by atoms with Crippen LogP contribution in [0.5, 0.6) is 0 Å². The number of rotatable bonds is 3. The van der Waals surface area contributed by atoms with Gasteiger partial charge in [-0.2, -0.15) is 0 Å². The standard InChI is InChI=1S/C19H23N/c1-13-8-10-17(14(2)12-13)15(3)20-19-11-9-16-6-4-5-7-18(16)19/h4-8,10,12,15,19-20H,9,11H2,1-3H3. The second kappa shape index (κ2) is 5.41. The third-order valence-corrected chi connectivity index (χ3v) is 4.48. The Hall–Kier alpha value is -1.60. The minimum atomic E-state index is 0.395. The van der Waals surface area contributed by atoms with Crippen molar-refractivity contribution >= 4 is 0 Å². The zero-order chi connectivity index (χ0) is 14.1. The van der Waals surface area contributed by atoms with E-state index in [0.29, 0.717) is 12.1 Å². The normalized spacial score (nSPS) is 18.9. The van der Waals surface area contributed by atoms with Crippen molar-refractivity contribution in [1.29, 1.82) is 0 Å². The Kier molecular flexibility index (Phi) is 3.62. The molecule has 20 heavy (non-hydrogen) atoms. The maximum absolute atomic E-state index is 3.81. The van der Waals surface area contributed by atoms with Crippen molar-refractivity contribution in [3.63, 3.8) is 0 Å². The Morgan fingerprint density at radius 1 is 1.10 bits per heavy atom. The number of nitrogens with one attached hydrogen (secondary N) is 1. The molecule has 104 valence electrons. The van der Waals surface area contributed by atoms with Crippen LogP contribution in [0.2, 0.25) is 0 Å². The van der Waals surface area contributed by atoms with Crippen molar-refractivity contribution < 1.29 is 0 Å². The molecule has 0 amide bonds. The molecular weight excluding hydrogens is 242 g/mol. The van der Waals surface area contributed by atoms with Gasteiger partial charge >= 0.3 is 0 Å². The first-order chi connectivity index (χ1) is 9.65. The summed E-state index contributed by atoms with van der Waals surface area (Å²) in [5.74, 6) is 0. The van der Waals surface area contributed by atoms with Crippen LogP contribution in [0.25, 0.3) is 0 Å². The van der Waals surface area contributed by atoms with Gasteiger partial charge in [-0.25, -0.2) is 0 Å². The zero-order valence-electron chi connectivity index (χ0n) is 12.6. The maximum atomic E-state index is 3.81. The van der Waals surface area contributed by atoms with Gasteiger partial charge in [-0.05, 0) is 55.9 Å². The molecule has 0 radical (unpaired) electrons. The molecule has 2 atom stereocenters. The first kappa shape index (κ1) is 13.4. The van der Waals surface area contributed by atoms with Crippen LogP contribution in [0.4, 0.5) is 0 Å². The quantitative estimate of drug-likeness (QED) is 0.852. The van der Waals surface area contributed by atoms with Crippen LogP contribution in [0.15, 0.2) is 42.5 Å². The average Bonchev–Trinajstić information content (AvgIpc) is 2.82. The van der Waals surface area contributed by atoms with E-state index in [0.717, 1.165) is 0 Å². The molecule has 0 spiro atoms. The van der Waals surface area contributed by atoms with E-state index in [9.17, 15) is 0 Å². The van der Waals surface area contributed by atoms with E-state index in [-0.39, 0.29) is 0 Å². The Morgan fingerprint density at radius 2 is 1.90 bits per heavy atom. The molecule has 1 N–H and O–H groups in total. The van der Waals surface area contributed by atoms with Crippen LogP contribution >= 0.6 is 0 Å². The number of aryl methyl sites for hydroxylation is 3. The summed E-state index contributed by atoms with van der Waals surface area (Å²) in [6, 6.07) is 16.5. The fourth-order valence-corrected chi connectivity index (χ4v) is 3.43. The van der Waals surface area contributed by atoms with E-state index >= 15 is 0 Å². The summed E-state index contributed by atoms with van der Waals surface area (Å²) >= 11 is 0. The molecule has 1 aliphatic carbocycles. The molecule has 0 saturated heterocycles. The van der Waals surface area contributed by atoms with Crippen LogP contribution in [0, 0.1) is 13.8 Å². The Labute approximate surface area is 122 Å². The van der Waals surface area contributed by atoms with Crippen molar-refractivity contribution in [3.05, 3.63) is 70.3 Å². The van der Waals surface area contributed by atoms with Gasteiger partial charge in [0, 0.05) is 12.1 Å². The highest BCUT2D eigenvalue weighted by Gasteiger charge is 2.23. The molecule has 0 aromatic heterocycles. The number of hydrogen-bond donors (Lipinski definition) is 1. The van der Waals surface area contributed by atoms with Gasteiger partial charge in [-0.1, -0.05) is 48.0 Å². The highest BCUT2D eigenvalue weighted by atomic mass is 14.9. The van der Waals surface area contributed by atoms with Crippen LogP contribution in [-0.4, -0.2) is 0 Å². The summed E-state index contributed by atoms with van der Waals surface area (Å²) in [7, 11) is 0. The van der Waals surface area contributed by atoms with Crippen molar-refractivity contribution in [1.82, 2.24) is 5.32 Å². The second-order valence-electron chi connectivity index (χ2n) is 6.04. The van der Waals surface area contributed by atoms with E-state index in [4.69, 9.17) is 0 Å². The van der Waals surface area contributed by atoms with E-state index in [1.165, 1.54) is 40.7 Å². The van der Waals surface area contributed by atoms with E-state index in [1.54, 1.807) is 0 Å². The van der Waals surface area contributed by atoms with Gasteiger partial charge in [0.2, 0.25) is 0 Å². The highest BCUT2D eigenvalue weighted by molar-refractivity contribution is 5.36. The molecular formula is C19H23N. The predicted molar refractivity (Wildman–Crippen MR) is 85.0 cm³/mol. The first-order valence-corrected chi connectivity index (χ1v) is 7.56. The van der Waals surface area contributed by atoms with Crippen molar-refractivity contribution in [2.75, 3.05) is 0 Å². The summed E-state index contributed by atoms with van der Waals surface area (Å²) < 4.78 is 0. The summed E-state index contributed by atoms with van der Waals surface area (Å²) in [5, 5.41) is 3.81. The lowest BCUT2D eigenvalue weighted by Gasteiger charge is -2.22. The van der Waals surface area contributed by atoms with Gasteiger partial charge in [-0.3, -0.25) is 0 Å². The summed E-state index contributed by atoms with van der Waals surface area (Å²) in [6.07, 6.45) is 2.42. The predicted octanol–water partition coefficient (Wildman–Crippen LogP) is 4.64. The average molecular weight is 265 g/mol. The molecule has 3 rings (SSSR count). The SMILES string of the molecule is Cc1ccc(C(C)NC2CCc3ccccc32)c(C)c1. The van der Waals surface area contributed by atoms with Crippen LogP contribution < -0.4 is 5.32 Å².